The molecule has 1 saturated carbocycles. The van der Waals surface area contributed by atoms with E-state index in [1.165, 1.54) is 0 Å². The first-order chi connectivity index (χ1) is 7.65. The Labute approximate surface area is 103 Å². The molecule has 0 amide bonds. The minimum atomic E-state index is -0.423. The summed E-state index contributed by atoms with van der Waals surface area (Å²) in [7, 11) is 1.66. The van der Waals surface area contributed by atoms with Gasteiger partial charge in [-0.25, -0.2) is 0 Å². The maximum absolute atomic E-state index is 11.6. The van der Waals surface area contributed by atoms with E-state index in [0.717, 1.165) is 12.8 Å². The Kier molecular flexibility index (Phi) is 3.87. The third kappa shape index (κ3) is 2.13. The number of aliphatic hydroxyl groups excluding tert-OH is 1. The first-order valence-electron chi connectivity index (χ1n) is 5.66. The van der Waals surface area contributed by atoms with Gasteiger partial charge in [0.1, 0.15) is 6.10 Å². The molecule has 2 aliphatic rings. The molecule has 0 aromatic rings. The van der Waals surface area contributed by atoms with Crippen molar-refractivity contribution in [1.82, 2.24) is 0 Å². The standard InChI is InChI=1S/C11H17BrO4/c1-15-4-2-3-8-9-6(11(14)16-8)5-7(13)10(9)12/h6-10,13H,2-5H2,1H3/t6-,7+,8+,9+,10-/m0/s1. The predicted molar refractivity (Wildman–Crippen MR) is 61.3 cm³/mol. The minimum absolute atomic E-state index is 0.0171. The highest BCUT2D eigenvalue weighted by Gasteiger charge is 2.54. The number of methoxy groups -OCH3 is 1. The van der Waals surface area contributed by atoms with Gasteiger partial charge in [0.05, 0.1) is 12.0 Å². The molecule has 2 fully saturated rings. The van der Waals surface area contributed by atoms with E-state index < -0.39 is 6.10 Å². The van der Waals surface area contributed by atoms with Crippen molar-refractivity contribution in [3.63, 3.8) is 0 Å². The van der Waals surface area contributed by atoms with Crippen LogP contribution in [0.1, 0.15) is 19.3 Å². The molecule has 1 aliphatic carbocycles. The van der Waals surface area contributed by atoms with E-state index >= 15 is 0 Å². The van der Waals surface area contributed by atoms with Crippen LogP contribution in [0, 0.1) is 11.8 Å². The van der Waals surface area contributed by atoms with E-state index in [0.29, 0.717) is 13.0 Å². The van der Waals surface area contributed by atoms with Gasteiger partial charge in [-0.1, -0.05) is 15.9 Å². The molecule has 1 N–H and O–H groups in total. The van der Waals surface area contributed by atoms with Gasteiger partial charge in [0.25, 0.3) is 0 Å². The number of alkyl halides is 1. The number of cyclic esters (lactones) is 1. The molecule has 5 atom stereocenters. The summed E-state index contributed by atoms with van der Waals surface area (Å²) in [6, 6.07) is 0. The fourth-order valence-electron chi connectivity index (χ4n) is 2.74. The lowest BCUT2D eigenvalue weighted by atomic mass is 9.91. The average Bonchev–Trinajstić information content (AvgIpc) is 2.70. The van der Waals surface area contributed by atoms with Gasteiger partial charge in [-0.2, -0.15) is 0 Å². The molecule has 1 saturated heterocycles. The van der Waals surface area contributed by atoms with Crippen molar-refractivity contribution >= 4 is 21.9 Å². The Balaban J connectivity index is 1.97. The largest absolute Gasteiger partial charge is 0.462 e. The molecule has 0 spiro atoms. The summed E-state index contributed by atoms with van der Waals surface area (Å²) in [5.74, 6) is -0.139. The van der Waals surface area contributed by atoms with Crippen LogP contribution in [-0.4, -0.2) is 41.8 Å². The summed E-state index contributed by atoms with van der Waals surface area (Å²) in [5, 5.41) is 9.73. The van der Waals surface area contributed by atoms with Crippen LogP contribution in [0.2, 0.25) is 0 Å². The smallest absolute Gasteiger partial charge is 0.309 e. The molecule has 0 radical (unpaired) electrons. The maximum Gasteiger partial charge on any atom is 0.309 e. The average molecular weight is 293 g/mol. The van der Waals surface area contributed by atoms with Gasteiger partial charge in [-0.15, -0.1) is 0 Å². The Bertz CT molecular complexity index is 271. The first kappa shape index (κ1) is 12.3. The number of esters is 1. The fourth-order valence-corrected chi connectivity index (χ4v) is 3.66. The molecule has 1 aliphatic heterocycles. The molecule has 5 heteroatoms. The zero-order valence-electron chi connectivity index (χ0n) is 9.27. The molecule has 0 aromatic carbocycles. The molecular formula is C11H17BrO4. The van der Waals surface area contributed by atoms with Crippen molar-refractivity contribution in [2.45, 2.75) is 36.3 Å². The number of fused-ring (bicyclic) bond motifs is 1. The second-order valence-corrected chi connectivity index (χ2v) is 5.60. The van der Waals surface area contributed by atoms with E-state index in [1.54, 1.807) is 7.11 Å². The lowest BCUT2D eigenvalue weighted by Gasteiger charge is -2.20. The van der Waals surface area contributed by atoms with Gasteiger partial charge in [-0.3, -0.25) is 4.79 Å². The van der Waals surface area contributed by atoms with Crippen LogP contribution in [0.4, 0.5) is 0 Å². The summed E-state index contributed by atoms with van der Waals surface area (Å²) in [6.07, 6.45) is 1.74. The molecule has 16 heavy (non-hydrogen) atoms. The van der Waals surface area contributed by atoms with Crippen molar-refractivity contribution < 1.29 is 19.4 Å². The van der Waals surface area contributed by atoms with Crippen molar-refractivity contribution in [2.75, 3.05) is 13.7 Å². The summed E-state index contributed by atoms with van der Waals surface area (Å²) in [6.45, 7) is 0.681. The van der Waals surface area contributed by atoms with Crippen molar-refractivity contribution in [2.24, 2.45) is 11.8 Å². The normalized spacial score (nSPS) is 42.2. The van der Waals surface area contributed by atoms with Crippen LogP contribution in [0.15, 0.2) is 0 Å². The Morgan fingerprint density at radius 3 is 3.06 bits per heavy atom. The number of ether oxygens (including phenoxy) is 2. The topological polar surface area (TPSA) is 55.8 Å². The fraction of sp³-hybridized carbons (Fsp3) is 0.909. The second kappa shape index (κ2) is 5.02. The number of carbonyl (C=O) groups is 1. The van der Waals surface area contributed by atoms with E-state index in [9.17, 15) is 9.90 Å². The van der Waals surface area contributed by atoms with Gasteiger partial charge >= 0.3 is 5.97 Å². The highest BCUT2D eigenvalue weighted by Crippen LogP contribution is 2.46. The van der Waals surface area contributed by atoms with E-state index in [4.69, 9.17) is 9.47 Å². The van der Waals surface area contributed by atoms with Crippen molar-refractivity contribution in [3.05, 3.63) is 0 Å². The van der Waals surface area contributed by atoms with E-state index in [2.05, 4.69) is 15.9 Å². The van der Waals surface area contributed by atoms with Gasteiger partial charge in [-0.05, 0) is 19.3 Å². The van der Waals surface area contributed by atoms with Crippen LogP contribution in [0.5, 0.6) is 0 Å². The molecule has 0 unspecified atom stereocenters. The van der Waals surface area contributed by atoms with Gasteiger partial charge in [0.2, 0.25) is 0 Å². The van der Waals surface area contributed by atoms with E-state index in [-0.39, 0.29) is 28.7 Å². The Morgan fingerprint density at radius 1 is 1.62 bits per heavy atom. The van der Waals surface area contributed by atoms with Crippen LogP contribution in [0.3, 0.4) is 0 Å². The summed E-state index contributed by atoms with van der Waals surface area (Å²) in [4.78, 5) is 11.6. The molecule has 1 heterocycles. The highest BCUT2D eigenvalue weighted by molar-refractivity contribution is 9.09. The number of carbonyl (C=O) groups excluding carboxylic acids is 1. The minimum Gasteiger partial charge on any atom is -0.462 e. The van der Waals surface area contributed by atoms with Gasteiger partial charge in [0.15, 0.2) is 0 Å². The van der Waals surface area contributed by atoms with Gasteiger partial charge in [0, 0.05) is 24.5 Å². The molecule has 0 bridgehead atoms. The predicted octanol–water partition coefficient (Wildman–Crippen LogP) is 1.10. The van der Waals surface area contributed by atoms with Crippen LogP contribution >= 0.6 is 15.9 Å². The van der Waals surface area contributed by atoms with Crippen molar-refractivity contribution in [1.29, 1.82) is 0 Å². The Hall–Kier alpha value is -0.130. The van der Waals surface area contributed by atoms with Crippen LogP contribution in [0.25, 0.3) is 0 Å². The molecular weight excluding hydrogens is 276 g/mol. The number of hydrogen-bond acceptors (Lipinski definition) is 4. The third-order valence-corrected chi connectivity index (χ3v) is 4.75. The van der Waals surface area contributed by atoms with Crippen LogP contribution < -0.4 is 0 Å². The number of rotatable bonds is 4. The zero-order valence-corrected chi connectivity index (χ0v) is 10.9. The van der Waals surface area contributed by atoms with Gasteiger partial charge < -0.3 is 14.6 Å². The lowest BCUT2D eigenvalue weighted by molar-refractivity contribution is -0.145. The highest BCUT2D eigenvalue weighted by atomic mass is 79.9. The third-order valence-electron chi connectivity index (χ3n) is 3.53. The number of hydrogen-bond donors (Lipinski definition) is 1. The summed E-state index contributed by atoms with van der Waals surface area (Å²) in [5.41, 5.74) is 0. The number of halogens is 1. The lowest BCUT2D eigenvalue weighted by Crippen LogP contribution is -2.28. The Morgan fingerprint density at radius 2 is 2.38 bits per heavy atom. The number of aliphatic hydroxyl groups is 1. The second-order valence-electron chi connectivity index (χ2n) is 4.54. The SMILES string of the molecule is COCCC[C@H]1OC(=O)[C@H]2C[C@@H](O)[C@H](Br)[C@H]21. The zero-order chi connectivity index (χ0) is 11.7. The molecule has 4 nitrogen and oxygen atoms in total. The molecule has 2 rings (SSSR count). The van der Waals surface area contributed by atoms with Crippen LogP contribution in [-0.2, 0) is 14.3 Å². The molecule has 92 valence electrons. The maximum atomic E-state index is 11.6. The van der Waals surface area contributed by atoms with E-state index in [1.807, 2.05) is 0 Å². The van der Waals surface area contributed by atoms with Crippen molar-refractivity contribution in [3.8, 4) is 0 Å². The first-order valence-corrected chi connectivity index (χ1v) is 6.58. The molecule has 0 aromatic heterocycles. The summed E-state index contributed by atoms with van der Waals surface area (Å²) < 4.78 is 10.3. The quantitative estimate of drug-likeness (QED) is 0.479. The monoisotopic (exact) mass is 292 g/mol. The summed E-state index contributed by atoms with van der Waals surface area (Å²) >= 11 is 3.47.